The third-order valence-corrected chi connectivity index (χ3v) is 3.54. The fraction of sp³-hybridized carbons (Fsp3) is 0.438. The molecule has 2 rings (SSSR count). The van der Waals surface area contributed by atoms with Gasteiger partial charge in [-0.05, 0) is 32.9 Å². The molecule has 1 aliphatic heterocycles. The summed E-state index contributed by atoms with van der Waals surface area (Å²) in [5.41, 5.74) is 0.0337. The van der Waals surface area contributed by atoms with Gasteiger partial charge in [0.05, 0.1) is 11.4 Å². The van der Waals surface area contributed by atoms with E-state index >= 15 is 0 Å². The highest BCUT2D eigenvalue weighted by atomic mass is 16.6. The van der Waals surface area contributed by atoms with Crippen LogP contribution in [0.4, 0.5) is 11.4 Å². The van der Waals surface area contributed by atoms with Crippen LogP contribution in [0.5, 0.6) is 0 Å². The van der Waals surface area contributed by atoms with Crippen LogP contribution in [0.1, 0.15) is 20.8 Å². The molecule has 0 radical (unpaired) electrons. The lowest BCUT2D eigenvalue weighted by Crippen LogP contribution is -2.59. The predicted molar refractivity (Wildman–Crippen MR) is 84.1 cm³/mol. The summed E-state index contributed by atoms with van der Waals surface area (Å²) >= 11 is 0. The van der Waals surface area contributed by atoms with E-state index in [0.29, 0.717) is 18.0 Å². The molecule has 0 saturated carbocycles. The maximum absolute atomic E-state index is 12.5. The molecule has 7 nitrogen and oxygen atoms in total. The van der Waals surface area contributed by atoms with Gasteiger partial charge >= 0.3 is 5.97 Å². The van der Waals surface area contributed by atoms with E-state index in [1.54, 1.807) is 45.0 Å². The van der Waals surface area contributed by atoms with Crippen molar-refractivity contribution >= 4 is 29.2 Å². The number of ether oxygens (including phenoxy) is 2. The first-order valence-electron chi connectivity index (χ1n) is 7.34. The van der Waals surface area contributed by atoms with Gasteiger partial charge in [0, 0.05) is 6.61 Å². The molecule has 0 fully saturated rings. The Hall–Kier alpha value is -2.41. The number of carbonyl (C=O) groups excluding carboxylic acids is 3. The normalized spacial score (nSPS) is 15.6. The Kier molecular flexibility index (Phi) is 5.00. The molecule has 124 valence electrons. The summed E-state index contributed by atoms with van der Waals surface area (Å²) in [4.78, 5) is 37.6. The first-order valence-corrected chi connectivity index (χ1v) is 7.34. The van der Waals surface area contributed by atoms with Crippen LogP contribution < -0.4 is 10.2 Å². The zero-order chi connectivity index (χ0) is 17.0. The van der Waals surface area contributed by atoms with Gasteiger partial charge in [0.1, 0.15) is 12.1 Å². The molecule has 2 amide bonds. The molecule has 0 atom stereocenters. The van der Waals surface area contributed by atoms with E-state index in [0.717, 1.165) is 0 Å². The highest BCUT2D eigenvalue weighted by Gasteiger charge is 2.43. The highest BCUT2D eigenvalue weighted by molar-refractivity contribution is 6.14. The maximum atomic E-state index is 12.5. The van der Waals surface area contributed by atoms with E-state index in [1.807, 2.05) is 0 Å². The van der Waals surface area contributed by atoms with Crippen molar-refractivity contribution in [3.05, 3.63) is 24.3 Å². The summed E-state index contributed by atoms with van der Waals surface area (Å²) in [5.74, 6) is -1.39. The standard InChI is InChI=1S/C16H20N2O5/c1-4-22-10-14(20)23-9-13(19)18-12-8-6-5-7-11(12)17-15(21)16(18,2)3/h5-8H,4,9-10H2,1-3H3,(H,17,21). The van der Waals surface area contributed by atoms with E-state index in [9.17, 15) is 14.4 Å². The van der Waals surface area contributed by atoms with Crippen LogP contribution in [0.3, 0.4) is 0 Å². The molecule has 1 aliphatic rings. The topological polar surface area (TPSA) is 84.9 Å². The van der Waals surface area contributed by atoms with Gasteiger partial charge in [-0.2, -0.15) is 0 Å². The third-order valence-electron chi connectivity index (χ3n) is 3.54. The van der Waals surface area contributed by atoms with E-state index in [1.165, 1.54) is 4.90 Å². The van der Waals surface area contributed by atoms with Gasteiger partial charge in [0.2, 0.25) is 5.91 Å². The number of amides is 2. The van der Waals surface area contributed by atoms with E-state index in [4.69, 9.17) is 9.47 Å². The minimum Gasteiger partial charge on any atom is -0.454 e. The SMILES string of the molecule is CCOCC(=O)OCC(=O)N1c2ccccc2NC(=O)C1(C)C. The first kappa shape index (κ1) is 17.0. The Bertz CT molecular complexity index is 627. The number of anilines is 2. The highest BCUT2D eigenvalue weighted by Crippen LogP contribution is 2.36. The van der Waals surface area contributed by atoms with E-state index < -0.39 is 24.0 Å². The smallest absolute Gasteiger partial charge is 0.332 e. The summed E-state index contributed by atoms with van der Waals surface area (Å²) in [5, 5.41) is 2.77. The number of nitrogens with zero attached hydrogens (tertiary/aromatic N) is 1. The van der Waals surface area contributed by atoms with Crippen LogP contribution in [0.15, 0.2) is 24.3 Å². The number of benzene rings is 1. The number of para-hydroxylation sites is 2. The Balaban J connectivity index is 2.17. The Labute approximate surface area is 134 Å². The lowest BCUT2D eigenvalue weighted by atomic mass is 9.96. The summed E-state index contributed by atoms with van der Waals surface area (Å²) in [6.07, 6.45) is 0. The van der Waals surface area contributed by atoms with Crippen molar-refractivity contribution in [3.63, 3.8) is 0 Å². The Morgan fingerprint density at radius 1 is 1.22 bits per heavy atom. The fourth-order valence-corrected chi connectivity index (χ4v) is 2.33. The van der Waals surface area contributed by atoms with Crippen LogP contribution in [-0.2, 0) is 23.9 Å². The number of hydrogen-bond donors (Lipinski definition) is 1. The molecule has 0 unspecified atom stereocenters. The maximum Gasteiger partial charge on any atom is 0.332 e. The van der Waals surface area contributed by atoms with Crippen molar-refractivity contribution in [1.82, 2.24) is 0 Å². The molecule has 7 heteroatoms. The van der Waals surface area contributed by atoms with Crippen LogP contribution in [-0.4, -0.2) is 43.1 Å². The second-order valence-electron chi connectivity index (χ2n) is 5.56. The summed E-state index contributed by atoms with van der Waals surface area (Å²) in [6.45, 7) is 4.76. The van der Waals surface area contributed by atoms with Crippen molar-refractivity contribution in [2.45, 2.75) is 26.3 Å². The van der Waals surface area contributed by atoms with Crippen molar-refractivity contribution in [3.8, 4) is 0 Å². The van der Waals surface area contributed by atoms with Crippen molar-refractivity contribution < 1.29 is 23.9 Å². The number of nitrogens with one attached hydrogen (secondary N) is 1. The van der Waals surface area contributed by atoms with Gasteiger partial charge in [-0.25, -0.2) is 4.79 Å². The van der Waals surface area contributed by atoms with Gasteiger partial charge in [-0.15, -0.1) is 0 Å². The second-order valence-corrected chi connectivity index (χ2v) is 5.56. The quantitative estimate of drug-likeness (QED) is 0.827. The molecule has 0 aromatic heterocycles. The predicted octanol–water partition coefficient (Wildman–Crippen LogP) is 1.33. The van der Waals surface area contributed by atoms with Crippen molar-refractivity contribution in [1.29, 1.82) is 0 Å². The number of carbonyl (C=O) groups is 3. The van der Waals surface area contributed by atoms with Crippen LogP contribution >= 0.6 is 0 Å². The van der Waals surface area contributed by atoms with Gasteiger partial charge in [0.15, 0.2) is 6.61 Å². The molecule has 0 saturated heterocycles. The number of hydrogen-bond acceptors (Lipinski definition) is 5. The van der Waals surface area contributed by atoms with Crippen molar-refractivity contribution in [2.75, 3.05) is 30.0 Å². The van der Waals surface area contributed by atoms with Gasteiger partial charge < -0.3 is 14.8 Å². The molecular formula is C16H20N2O5. The Morgan fingerprint density at radius 3 is 2.61 bits per heavy atom. The van der Waals surface area contributed by atoms with E-state index in [-0.39, 0.29) is 12.5 Å². The first-order chi connectivity index (χ1) is 10.9. The number of esters is 1. The monoisotopic (exact) mass is 320 g/mol. The molecule has 1 heterocycles. The lowest BCUT2D eigenvalue weighted by molar-refractivity contribution is -0.152. The Morgan fingerprint density at radius 2 is 1.91 bits per heavy atom. The van der Waals surface area contributed by atoms with Gasteiger partial charge in [0.25, 0.3) is 5.91 Å². The molecule has 1 N–H and O–H groups in total. The summed E-state index contributed by atoms with van der Waals surface area (Å²) in [7, 11) is 0. The molecular weight excluding hydrogens is 300 g/mol. The fourth-order valence-electron chi connectivity index (χ4n) is 2.33. The molecule has 0 spiro atoms. The minimum atomic E-state index is -1.09. The third kappa shape index (κ3) is 3.50. The molecule has 23 heavy (non-hydrogen) atoms. The zero-order valence-corrected chi connectivity index (χ0v) is 13.4. The average Bonchev–Trinajstić information content (AvgIpc) is 2.51. The number of rotatable bonds is 5. The lowest BCUT2D eigenvalue weighted by Gasteiger charge is -2.41. The van der Waals surface area contributed by atoms with Gasteiger partial charge in [-0.1, -0.05) is 12.1 Å². The zero-order valence-electron chi connectivity index (χ0n) is 13.4. The van der Waals surface area contributed by atoms with Crippen LogP contribution in [0, 0.1) is 0 Å². The molecule has 0 bridgehead atoms. The number of fused-ring (bicyclic) bond motifs is 1. The average molecular weight is 320 g/mol. The minimum absolute atomic E-state index is 0.204. The van der Waals surface area contributed by atoms with Crippen molar-refractivity contribution in [2.24, 2.45) is 0 Å². The molecule has 0 aliphatic carbocycles. The molecule has 1 aromatic carbocycles. The van der Waals surface area contributed by atoms with Crippen LogP contribution in [0.25, 0.3) is 0 Å². The van der Waals surface area contributed by atoms with Gasteiger partial charge in [-0.3, -0.25) is 14.5 Å². The van der Waals surface area contributed by atoms with Crippen LogP contribution in [0.2, 0.25) is 0 Å². The summed E-state index contributed by atoms with van der Waals surface area (Å²) < 4.78 is 9.84. The largest absolute Gasteiger partial charge is 0.454 e. The molecule has 1 aromatic rings. The van der Waals surface area contributed by atoms with E-state index in [2.05, 4.69) is 5.32 Å². The summed E-state index contributed by atoms with van der Waals surface area (Å²) in [6, 6.07) is 6.98. The second kappa shape index (κ2) is 6.78.